The first-order valence-electron chi connectivity index (χ1n) is 13.0. The molecule has 0 unspecified atom stereocenters. The van der Waals surface area contributed by atoms with E-state index < -0.39 is 0 Å². The van der Waals surface area contributed by atoms with Crippen LogP contribution in [0.25, 0.3) is 44.5 Å². The number of rotatable bonds is 5. The first-order valence-corrected chi connectivity index (χ1v) is 13.0. The maximum atomic E-state index is 12.6. The zero-order valence-electron chi connectivity index (χ0n) is 20.5. The molecule has 0 spiro atoms. The summed E-state index contributed by atoms with van der Waals surface area (Å²) in [7, 11) is 0. The van der Waals surface area contributed by atoms with Crippen molar-refractivity contribution >= 4 is 27.9 Å². The molecule has 1 atom stereocenters. The third-order valence-electron chi connectivity index (χ3n) is 7.80. The second-order valence-corrected chi connectivity index (χ2v) is 10.5. The van der Waals surface area contributed by atoms with Crippen LogP contribution < -0.4 is 0 Å². The molecule has 5 nitrogen and oxygen atoms in total. The fourth-order valence-corrected chi connectivity index (χ4v) is 5.62. The highest BCUT2D eigenvalue weighted by Crippen LogP contribution is 2.35. The molecule has 2 aliphatic rings. The number of amides is 1. The van der Waals surface area contributed by atoms with Gasteiger partial charge in [-0.25, -0.2) is 4.98 Å². The van der Waals surface area contributed by atoms with E-state index >= 15 is 0 Å². The highest BCUT2D eigenvalue weighted by molar-refractivity contribution is 5.85. The topological polar surface area (TPSA) is 51.3 Å². The van der Waals surface area contributed by atoms with E-state index in [1.807, 2.05) is 6.07 Å². The van der Waals surface area contributed by atoms with Gasteiger partial charge in [0, 0.05) is 36.5 Å². The normalized spacial score (nSPS) is 17.9. The number of nitrogens with zero attached hydrogens (tertiary/aromatic N) is 3. The summed E-state index contributed by atoms with van der Waals surface area (Å²) in [6.45, 7) is 4.73. The number of imidazole rings is 1. The molecule has 180 valence electrons. The maximum absolute atomic E-state index is 12.6. The summed E-state index contributed by atoms with van der Waals surface area (Å²) in [5, 5.41) is 1.11. The fraction of sp³-hybridized carbons (Fsp3) is 0.290. The van der Waals surface area contributed by atoms with Crippen molar-refractivity contribution in [2.45, 2.75) is 32.7 Å². The van der Waals surface area contributed by atoms with Crippen LogP contribution in [0, 0.1) is 18.8 Å². The Balaban J connectivity index is 1.21. The molecule has 5 aromatic rings. The molecule has 1 amide bonds. The van der Waals surface area contributed by atoms with Gasteiger partial charge >= 0.3 is 0 Å². The highest BCUT2D eigenvalue weighted by atomic mass is 16.3. The van der Waals surface area contributed by atoms with Crippen molar-refractivity contribution < 1.29 is 9.21 Å². The number of hydrogen-bond donors (Lipinski definition) is 0. The Bertz CT molecular complexity index is 1590. The third-order valence-corrected chi connectivity index (χ3v) is 7.80. The first-order chi connectivity index (χ1) is 17.6. The second-order valence-electron chi connectivity index (χ2n) is 10.5. The van der Waals surface area contributed by atoms with Crippen molar-refractivity contribution in [3.63, 3.8) is 0 Å². The van der Waals surface area contributed by atoms with Crippen LogP contribution in [0.4, 0.5) is 0 Å². The largest absolute Gasteiger partial charge is 0.464 e. The summed E-state index contributed by atoms with van der Waals surface area (Å²) in [5.74, 6) is 2.11. The summed E-state index contributed by atoms with van der Waals surface area (Å²) < 4.78 is 7.97. The van der Waals surface area contributed by atoms with Crippen molar-refractivity contribution in [2.75, 3.05) is 13.1 Å². The van der Waals surface area contributed by atoms with Gasteiger partial charge < -0.3 is 13.9 Å². The SMILES string of the molecule is Cc1ccc2c(c1)nc(-c1ccc(-c3ccc4ccoc4c3)cc1)n2C[C@@H]1CCN(C(=O)C2CC2)C1. The Labute approximate surface area is 210 Å². The summed E-state index contributed by atoms with van der Waals surface area (Å²) in [5.41, 5.74) is 7.70. The quantitative estimate of drug-likeness (QED) is 0.285. The van der Waals surface area contributed by atoms with Gasteiger partial charge in [0.1, 0.15) is 11.4 Å². The zero-order chi connectivity index (χ0) is 24.2. The number of carbonyl (C=O) groups is 1. The molecule has 5 heteroatoms. The average Bonchev–Trinajstić information content (AvgIpc) is 3.30. The summed E-state index contributed by atoms with van der Waals surface area (Å²) in [6.07, 6.45) is 4.93. The maximum Gasteiger partial charge on any atom is 0.225 e. The number of furan rings is 1. The lowest BCUT2D eigenvalue weighted by Crippen LogP contribution is -2.30. The van der Waals surface area contributed by atoms with Crippen LogP contribution >= 0.6 is 0 Å². The number of aryl methyl sites for hydroxylation is 1. The highest BCUT2D eigenvalue weighted by Gasteiger charge is 2.36. The number of hydrogen-bond acceptors (Lipinski definition) is 3. The van der Waals surface area contributed by atoms with Gasteiger partial charge in [0.25, 0.3) is 0 Å². The van der Waals surface area contributed by atoms with E-state index in [9.17, 15) is 4.79 Å². The molecule has 2 fully saturated rings. The molecule has 1 aliphatic carbocycles. The summed E-state index contributed by atoms with van der Waals surface area (Å²) in [6, 6.07) is 23.5. The van der Waals surface area contributed by atoms with Crippen LogP contribution in [-0.4, -0.2) is 33.4 Å². The zero-order valence-corrected chi connectivity index (χ0v) is 20.5. The fourth-order valence-electron chi connectivity index (χ4n) is 5.62. The van der Waals surface area contributed by atoms with Gasteiger partial charge in [-0.15, -0.1) is 0 Å². The summed E-state index contributed by atoms with van der Waals surface area (Å²) >= 11 is 0. The molecule has 2 aromatic heterocycles. The first kappa shape index (κ1) is 21.4. The third kappa shape index (κ3) is 3.79. The lowest BCUT2D eigenvalue weighted by atomic mass is 10.0. The van der Waals surface area contributed by atoms with E-state index in [4.69, 9.17) is 9.40 Å². The Kier molecular flexibility index (Phi) is 4.98. The van der Waals surface area contributed by atoms with Crippen molar-refractivity contribution in [1.29, 1.82) is 0 Å². The predicted molar refractivity (Wildman–Crippen MR) is 143 cm³/mol. The molecule has 3 aromatic carbocycles. The molecular weight excluding hydrogens is 446 g/mol. The lowest BCUT2D eigenvalue weighted by Gasteiger charge is -2.18. The lowest BCUT2D eigenvalue weighted by molar-refractivity contribution is -0.131. The van der Waals surface area contributed by atoms with Gasteiger partial charge in [-0.05, 0) is 73.1 Å². The van der Waals surface area contributed by atoms with Crippen LogP contribution in [-0.2, 0) is 11.3 Å². The van der Waals surface area contributed by atoms with Crippen molar-refractivity contribution in [1.82, 2.24) is 14.5 Å². The van der Waals surface area contributed by atoms with Gasteiger partial charge in [0.2, 0.25) is 5.91 Å². The molecule has 1 saturated carbocycles. The van der Waals surface area contributed by atoms with E-state index in [-0.39, 0.29) is 0 Å². The van der Waals surface area contributed by atoms with Gasteiger partial charge in [-0.1, -0.05) is 42.5 Å². The Morgan fingerprint density at radius 3 is 2.58 bits per heavy atom. The van der Waals surface area contributed by atoms with E-state index in [1.165, 1.54) is 5.56 Å². The Hall–Kier alpha value is -3.86. The number of fused-ring (bicyclic) bond motifs is 2. The molecule has 7 rings (SSSR count). The van der Waals surface area contributed by atoms with Crippen LogP contribution in [0.5, 0.6) is 0 Å². The molecule has 3 heterocycles. The van der Waals surface area contributed by atoms with Crippen LogP contribution in [0.3, 0.4) is 0 Å². The van der Waals surface area contributed by atoms with E-state index in [1.54, 1.807) is 6.26 Å². The molecule has 1 aliphatic heterocycles. The number of carbonyl (C=O) groups excluding carboxylic acids is 1. The minimum absolute atomic E-state index is 0.295. The minimum Gasteiger partial charge on any atom is -0.464 e. The van der Waals surface area contributed by atoms with Crippen LogP contribution in [0.1, 0.15) is 24.8 Å². The van der Waals surface area contributed by atoms with Crippen molar-refractivity contribution in [3.8, 4) is 22.5 Å². The standard InChI is InChI=1S/C31H29N3O2/c1-20-2-11-28-27(16-20)32-30(34(28)19-21-12-14-33(18-21)31(35)25-8-9-25)24-6-3-22(4-7-24)26-10-5-23-13-15-36-29(23)17-26/h2-7,10-11,13,15-17,21,25H,8-9,12,14,18-19H2,1H3/t21-/m1/s1. The molecule has 36 heavy (non-hydrogen) atoms. The number of likely N-dealkylation sites (tertiary alicyclic amines) is 1. The molecule has 0 N–H and O–H groups in total. The Morgan fingerprint density at radius 1 is 0.944 bits per heavy atom. The molecule has 1 saturated heterocycles. The Morgan fingerprint density at radius 2 is 1.75 bits per heavy atom. The molecule has 0 radical (unpaired) electrons. The average molecular weight is 476 g/mol. The van der Waals surface area contributed by atoms with E-state index in [2.05, 4.69) is 77.1 Å². The van der Waals surface area contributed by atoms with Crippen molar-refractivity contribution in [3.05, 3.63) is 78.6 Å². The monoisotopic (exact) mass is 475 g/mol. The number of aromatic nitrogens is 2. The van der Waals surface area contributed by atoms with Gasteiger partial charge in [0.05, 0.1) is 17.3 Å². The van der Waals surface area contributed by atoms with Gasteiger partial charge in [-0.3, -0.25) is 4.79 Å². The van der Waals surface area contributed by atoms with E-state index in [0.717, 1.165) is 83.4 Å². The smallest absolute Gasteiger partial charge is 0.225 e. The van der Waals surface area contributed by atoms with Gasteiger partial charge in [0.15, 0.2) is 0 Å². The van der Waals surface area contributed by atoms with Crippen molar-refractivity contribution in [2.24, 2.45) is 11.8 Å². The van der Waals surface area contributed by atoms with Crippen LogP contribution in [0.2, 0.25) is 0 Å². The van der Waals surface area contributed by atoms with Gasteiger partial charge in [-0.2, -0.15) is 0 Å². The number of benzene rings is 3. The van der Waals surface area contributed by atoms with Crippen LogP contribution in [0.15, 0.2) is 77.4 Å². The predicted octanol–water partition coefficient (Wildman–Crippen LogP) is 6.68. The van der Waals surface area contributed by atoms with E-state index in [0.29, 0.717) is 17.7 Å². The molecule has 0 bridgehead atoms. The minimum atomic E-state index is 0.295. The molecular formula is C31H29N3O2. The second kappa shape index (κ2) is 8.37. The summed E-state index contributed by atoms with van der Waals surface area (Å²) in [4.78, 5) is 19.8.